The zero-order valence-electron chi connectivity index (χ0n) is 8.83. The first-order valence-electron chi connectivity index (χ1n) is 5.78. The third-order valence-corrected chi connectivity index (χ3v) is 3.34. The van der Waals surface area contributed by atoms with Gasteiger partial charge in [0.05, 0.1) is 5.69 Å². The molecule has 1 aromatic rings. The number of rotatable bonds is 1. The van der Waals surface area contributed by atoms with Crippen LogP contribution in [0.25, 0.3) is 0 Å². The second-order valence-corrected chi connectivity index (χ2v) is 4.55. The Morgan fingerprint density at radius 2 is 2.33 bits per heavy atom. The van der Waals surface area contributed by atoms with Crippen molar-refractivity contribution in [3.05, 3.63) is 17.2 Å². The molecule has 1 fully saturated rings. The topological polar surface area (TPSA) is 63.9 Å². The van der Waals surface area contributed by atoms with Crippen molar-refractivity contribution in [1.29, 1.82) is 0 Å². The van der Waals surface area contributed by atoms with Crippen molar-refractivity contribution < 1.29 is 4.74 Å². The van der Waals surface area contributed by atoms with E-state index in [9.17, 15) is 0 Å². The zero-order valence-corrected chi connectivity index (χ0v) is 8.83. The van der Waals surface area contributed by atoms with Crippen molar-refractivity contribution in [3.63, 3.8) is 0 Å². The van der Waals surface area contributed by atoms with Gasteiger partial charge in [0.25, 0.3) is 0 Å². The number of hydrogen-bond acceptors (Lipinski definition) is 3. The standard InChI is InChI=1S/C11H17N3O/c12-7-3-4-8-9(6-7)14-11(13-8)10-2-1-5-15-10/h7,10H,1-6,12H2,(H,13,14). The van der Waals surface area contributed by atoms with E-state index in [4.69, 9.17) is 10.5 Å². The van der Waals surface area contributed by atoms with Gasteiger partial charge in [0.2, 0.25) is 0 Å². The molecule has 82 valence electrons. The first kappa shape index (κ1) is 9.36. The Labute approximate surface area is 89.2 Å². The van der Waals surface area contributed by atoms with Crippen LogP contribution >= 0.6 is 0 Å². The zero-order chi connectivity index (χ0) is 10.3. The molecule has 0 bridgehead atoms. The number of ether oxygens (including phenoxy) is 1. The van der Waals surface area contributed by atoms with Crippen molar-refractivity contribution in [2.75, 3.05) is 6.61 Å². The Kier molecular flexibility index (Phi) is 2.25. The average molecular weight is 207 g/mol. The molecule has 1 aromatic heterocycles. The molecule has 3 rings (SSSR count). The van der Waals surface area contributed by atoms with Gasteiger partial charge in [-0.1, -0.05) is 0 Å². The molecular weight excluding hydrogens is 190 g/mol. The largest absolute Gasteiger partial charge is 0.370 e. The molecular formula is C11H17N3O. The number of nitrogens with one attached hydrogen (secondary N) is 1. The maximum atomic E-state index is 5.93. The highest BCUT2D eigenvalue weighted by Gasteiger charge is 2.25. The summed E-state index contributed by atoms with van der Waals surface area (Å²) in [7, 11) is 0. The summed E-state index contributed by atoms with van der Waals surface area (Å²) < 4.78 is 5.62. The summed E-state index contributed by atoms with van der Waals surface area (Å²) in [6, 6.07) is 0.301. The Balaban J connectivity index is 1.85. The first-order chi connectivity index (χ1) is 7.33. The predicted molar refractivity (Wildman–Crippen MR) is 56.5 cm³/mol. The molecule has 3 N–H and O–H groups in total. The third-order valence-electron chi connectivity index (χ3n) is 3.34. The quantitative estimate of drug-likeness (QED) is 0.724. The summed E-state index contributed by atoms with van der Waals surface area (Å²) >= 11 is 0. The van der Waals surface area contributed by atoms with Crippen LogP contribution in [0.15, 0.2) is 0 Å². The number of aromatic nitrogens is 2. The number of aromatic amines is 1. The van der Waals surface area contributed by atoms with Crippen LogP contribution in [0.5, 0.6) is 0 Å². The molecule has 1 aliphatic carbocycles. The van der Waals surface area contributed by atoms with E-state index in [0.717, 1.165) is 44.5 Å². The van der Waals surface area contributed by atoms with Crippen molar-refractivity contribution in [2.45, 2.75) is 44.2 Å². The molecule has 0 spiro atoms. The van der Waals surface area contributed by atoms with E-state index in [1.165, 1.54) is 11.4 Å². The highest BCUT2D eigenvalue weighted by molar-refractivity contribution is 5.20. The molecule has 4 heteroatoms. The maximum absolute atomic E-state index is 5.93. The Bertz CT molecular complexity index is 355. The second kappa shape index (κ2) is 3.61. The summed E-state index contributed by atoms with van der Waals surface area (Å²) in [6.07, 6.45) is 5.46. The molecule has 0 amide bonds. The number of imidazole rings is 1. The summed E-state index contributed by atoms with van der Waals surface area (Å²) in [5.41, 5.74) is 8.38. The lowest BCUT2D eigenvalue weighted by Gasteiger charge is -2.16. The molecule has 15 heavy (non-hydrogen) atoms. The fourth-order valence-electron chi connectivity index (χ4n) is 2.48. The number of nitrogens with two attached hydrogens (primary N) is 1. The molecule has 2 unspecified atom stereocenters. The number of aryl methyl sites for hydroxylation is 1. The molecule has 2 heterocycles. The molecule has 4 nitrogen and oxygen atoms in total. The summed E-state index contributed by atoms with van der Waals surface area (Å²) in [5, 5.41) is 0. The SMILES string of the molecule is NC1CCc2nc(C3CCCO3)[nH]c2C1. The molecule has 2 atom stereocenters. The normalized spacial score (nSPS) is 30.5. The van der Waals surface area contributed by atoms with Crippen LogP contribution in [0.1, 0.15) is 42.6 Å². The summed E-state index contributed by atoms with van der Waals surface area (Å²) in [4.78, 5) is 8.02. The van der Waals surface area contributed by atoms with E-state index in [1.54, 1.807) is 0 Å². The van der Waals surface area contributed by atoms with Gasteiger partial charge in [0.1, 0.15) is 11.9 Å². The fourth-order valence-corrected chi connectivity index (χ4v) is 2.48. The van der Waals surface area contributed by atoms with Crippen LogP contribution in [0, 0.1) is 0 Å². The Hall–Kier alpha value is -0.870. The molecule has 1 saturated heterocycles. The summed E-state index contributed by atoms with van der Waals surface area (Å²) in [5.74, 6) is 1.02. The van der Waals surface area contributed by atoms with Crippen LogP contribution in [-0.4, -0.2) is 22.6 Å². The van der Waals surface area contributed by atoms with E-state index < -0.39 is 0 Å². The number of H-pyrrole nitrogens is 1. The predicted octanol–water partition coefficient (Wildman–Crippen LogP) is 1.08. The van der Waals surface area contributed by atoms with Crippen molar-refractivity contribution in [2.24, 2.45) is 5.73 Å². The minimum absolute atomic E-state index is 0.201. The second-order valence-electron chi connectivity index (χ2n) is 4.55. The first-order valence-corrected chi connectivity index (χ1v) is 5.78. The molecule has 0 saturated carbocycles. The van der Waals surface area contributed by atoms with Gasteiger partial charge in [-0.05, 0) is 25.7 Å². The molecule has 0 aromatic carbocycles. The van der Waals surface area contributed by atoms with Gasteiger partial charge in [-0.15, -0.1) is 0 Å². The minimum atomic E-state index is 0.201. The lowest BCUT2D eigenvalue weighted by Crippen LogP contribution is -2.27. The molecule has 2 aliphatic rings. The number of nitrogens with zero attached hydrogens (tertiary/aromatic N) is 1. The maximum Gasteiger partial charge on any atom is 0.135 e. The van der Waals surface area contributed by atoms with E-state index in [2.05, 4.69) is 9.97 Å². The van der Waals surface area contributed by atoms with Crippen molar-refractivity contribution in [3.8, 4) is 0 Å². The minimum Gasteiger partial charge on any atom is -0.370 e. The highest BCUT2D eigenvalue weighted by Crippen LogP contribution is 2.28. The van der Waals surface area contributed by atoms with Gasteiger partial charge in [-0.3, -0.25) is 0 Å². The van der Waals surface area contributed by atoms with Crippen molar-refractivity contribution >= 4 is 0 Å². The molecule has 0 radical (unpaired) electrons. The van der Waals surface area contributed by atoms with Gasteiger partial charge in [0.15, 0.2) is 0 Å². The van der Waals surface area contributed by atoms with Gasteiger partial charge in [0, 0.05) is 24.8 Å². The van der Waals surface area contributed by atoms with Crippen LogP contribution < -0.4 is 5.73 Å². The number of hydrogen-bond donors (Lipinski definition) is 2. The monoisotopic (exact) mass is 207 g/mol. The Morgan fingerprint density at radius 3 is 3.13 bits per heavy atom. The van der Waals surface area contributed by atoms with E-state index in [0.29, 0.717) is 6.04 Å². The van der Waals surface area contributed by atoms with Crippen LogP contribution in [0.4, 0.5) is 0 Å². The third kappa shape index (κ3) is 1.68. The lowest BCUT2D eigenvalue weighted by molar-refractivity contribution is 0.105. The van der Waals surface area contributed by atoms with Gasteiger partial charge >= 0.3 is 0 Å². The van der Waals surface area contributed by atoms with Gasteiger partial charge in [-0.25, -0.2) is 4.98 Å². The van der Waals surface area contributed by atoms with Crippen LogP contribution in [0.2, 0.25) is 0 Å². The fraction of sp³-hybridized carbons (Fsp3) is 0.727. The van der Waals surface area contributed by atoms with Crippen LogP contribution in [0.3, 0.4) is 0 Å². The highest BCUT2D eigenvalue weighted by atomic mass is 16.5. The van der Waals surface area contributed by atoms with Gasteiger partial charge < -0.3 is 15.5 Å². The smallest absolute Gasteiger partial charge is 0.135 e. The molecule has 1 aliphatic heterocycles. The van der Waals surface area contributed by atoms with Crippen molar-refractivity contribution in [1.82, 2.24) is 9.97 Å². The Morgan fingerprint density at radius 1 is 1.40 bits per heavy atom. The van der Waals surface area contributed by atoms with E-state index in [-0.39, 0.29) is 6.10 Å². The van der Waals surface area contributed by atoms with Crippen LogP contribution in [-0.2, 0) is 17.6 Å². The summed E-state index contributed by atoms with van der Waals surface area (Å²) in [6.45, 7) is 0.871. The lowest BCUT2D eigenvalue weighted by atomic mass is 9.97. The van der Waals surface area contributed by atoms with E-state index >= 15 is 0 Å². The van der Waals surface area contributed by atoms with E-state index in [1.807, 2.05) is 0 Å². The number of fused-ring (bicyclic) bond motifs is 1. The average Bonchev–Trinajstić information content (AvgIpc) is 2.84. The van der Waals surface area contributed by atoms with Gasteiger partial charge in [-0.2, -0.15) is 0 Å².